The van der Waals surface area contributed by atoms with Crippen LogP contribution in [0.2, 0.25) is 0 Å². The van der Waals surface area contributed by atoms with Gasteiger partial charge in [0, 0.05) is 17.7 Å². The summed E-state index contributed by atoms with van der Waals surface area (Å²) in [5.74, 6) is -0.941. The normalized spacial score (nSPS) is 22.1. The van der Waals surface area contributed by atoms with E-state index in [-0.39, 0.29) is 11.9 Å². The molecule has 0 spiro atoms. The molecule has 1 aromatic rings. The Morgan fingerprint density at radius 3 is 2.71 bits per heavy atom. The minimum atomic E-state index is -0.878. The number of hydrogen-bond acceptors (Lipinski definition) is 3. The van der Waals surface area contributed by atoms with Crippen LogP contribution in [0.4, 0.5) is 4.39 Å². The SMILES string of the molecule is C[C@@H](OC(=O)/C=C/c1ccccc1F)C(=O)N[C@H]1CCCC[C@@H]1C. The molecule has 1 N–H and O–H groups in total. The molecule has 1 aliphatic carbocycles. The van der Waals surface area contributed by atoms with Crippen LogP contribution in [0.3, 0.4) is 0 Å². The molecule has 2 rings (SSSR count). The van der Waals surface area contributed by atoms with Crippen LogP contribution in [0, 0.1) is 11.7 Å². The number of nitrogens with one attached hydrogen (secondary N) is 1. The van der Waals surface area contributed by atoms with Crippen LogP contribution < -0.4 is 5.32 Å². The molecule has 0 bridgehead atoms. The molecule has 5 heteroatoms. The third-order valence-electron chi connectivity index (χ3n) is 4.41. The predicted octanol–water partition coefficient (Wildman–Crippen LogP) is 3.47. The number of benzene rings is 1. The van der Waals surface area contributed by atoms with Gasteiger partial charge < -0.3 is 10.1 Å². The van der Waals surface area contributed by atoms with E-state index in [4.69, 9.17) is 4.74 Å². The Kier molecular flexibility index (Phi) is 6.53. The van der Waals surface area contributed by atoms with Crippen molar-refractivity contribution in [3.63, 3.8) is 0 Å². The smallest absolute Gasteiger partial charge is 0.331 e. The summed E-state index contributed by atoms with van der Waals surface area (Å²) in [6, 6.07) is 6.26. The monoisotopic (exact) mass is 333 g/mol. The molecule has 130 valence electrons. The van der Waals surface area contributed by atoms with Crippen molar-refractivity contribution < 1.29 is 18.7 Å². The highest BCUT2D eigenvalue weighted by Crippen LogP contribution is 2.23. The lowest BCUT2D eigenvalue weighted by molar-refractivity contribution is -0.150. The van der Waals surface area contributed by atoms with Gasteiger partial charge in [-0.1, -0.05) is 38.0 Å². The number of carbonyl (C=O) groups excluding carboxylic acids is 2. The lowest BCUT2D eigenvalue weighted by Gasteiger charge is -2.30. The van der Waals surface area contributed by atoms with E-state index in [0.717, 1.165) is 25.3 Å². The van der Waals surface area contributed by atoms with E-state index in [1.807, 2.05) is 0 Å². The molecule has 1 aliphatic rings. The standard InChI is InChI=1S/C19H24FNO3/c1-13-7-3-6-10-17(13)21-19(23)14(2)24-18(22)12-11-15-8-4-5-9-16(15)20/h4-5,8-9,11-14,17H,3,6-7,10H2,1-2H3,(H,21,23)/b12-11+/t13-,14+,17-/m0/s1. The summed E-state index contributed by atoms with van der Waals surface area (Å²) in [7, 11) is 0. The number of halogens is 1. The van der Waals surface area contributed by atoms with Crippen LogP contribution in [0.15, 0.2) is 30.3 Å². The molecule has 1 fully saturated rings. The van der Waals surface area contributed by atoms with Gasteiger partial charge in [0.05, 0.1) is 0 Å². The van der Waals surface area contributed by atoms with Crippen molar-refractivity contribution in [3.05, 3.63) is 41.7 Å². The minimum Gasteiger partial charge on any atom is -0.449 e. The van der Waals surface area contributed by atoms with Gasteiger partial charge in [0.2, 0.25) is 0 Å². The topological polar surface area (TPSA) is 55.4 Å². The number of rotatable bonds is 5. The molecule has 0 heterocycles. The maximum Gasteiger partial charge on any atom is 0.331 e. The molecule has 0 aliphatic heterocycles. The first-order valence-corrected chi connectivity index (χ1v) is 8.41. The first-order valence-electron chi connectivity index (χ1n) is 8.41. The maximum absolute atomic E-state index is 13.5. The predicted molar refractivity (Wildman–Crippen MR) is 90.6 cm³/mol. The zero-order valence-electron chi connectivity index (χ0n) is 14.1. The summed E-state index contributed by atoms with van der Waals surface area (Å²) in [4.78, 5) is 23.9. The third-order valence-corrected chi connectivity index (χ3v) is 4.41. The van der Waals surface area contributed by atoms with Crippen molar-refractivity contribution >= 4 is 18.0 Å². The van der Waals surface area contributed by atoms with Crippen LogP contribution in [0.5, 0.6) is 0 Å². The van der Waals surface area contributed by atoms with Gasteiger partial charge in [0.15, 0.2) is 6.10 Å². The van der Waals surface area contributed by atoms with E-state index in [2.05, 4.69) is 12.2 Å². The van der Waals surface area contributed by atoms with Crippen LogP contribution in [0.25, 0.3) is 6.08 Å². The minimum absolute atomic E-state index is 0.140. The molecular formula is C19H24FNO3. The van der Waals surface area contributed by atoms with Crippen molar-refractivity contribution in [2.45, 2.75) is 51.7 Å². The molecule has 0 aromatic heterocycles. The van der Waals surface area contributed by atoms with E-state index >= 15 is 0 Å². The molecule has 1 saturated carbocycles. The zero-order chi connectivity index (χ0) is 17.5. The first kappa shape index (κ1) is 18.2. The average molecular weight is 333 g/mol. The quantitative estimate of drug-likeness (QED) is 0.663. The number of carbonyl (C=O) groups is 2. The Morgan fingerprint density at radius 1 is 1.29 bits per heavy atom. The summed E-state index contributed by atoms with van der Waals surface area (Å²) >= 11 is 0. The second-order valence-corrected chi connectivity index (χ2v) is 6.31. The summed E-state index contributed by atoms with van der Waals surface area (Å²) in [6.07, 6.45) is 5.95. The molecule has 0 radical (unpaired) electrons. The van der Waals surface area contributed by atoms with Crippen LogP contribution >= 0.6 is 0 Å². The molecular weight excluding hydrogens is 309 g/mol. The van der Waals surface area contributed by atoms with Crippen molar-refractivity contribution in [3.8, 4) is 0 Å². The van der Waals surface area contributed by atoms with Gasteiger partial charge in [-0.25, -0.2) is 9.18 Å². The highest BCUT2D eigenvalue weighted by molar-refractivity contribution is 5.90. The Morgan fingerprint density at radius 2 is 2.00 bits per heavy atom. The number of ether oxygens (including phenoxy) is 1. The van der Waals surface area contributed by atoms with E-state index in [0.29, 0.717) is 11.5 Å². The second-order valence-electron chi connectivity index (χ2n) is 6.31. The Balaban J connectivity index is 1.84. The van der Waals surface area contributed by atoms with Gasteiger partial charge >= 0.3 is 5.97 Å². The maximum atomic E-state index is 13.5. The number of amides is 1. The zero-order valence-corrected chi connectivity index (χ0v) is 14.1. The molecule has 3 atom stereocenters. The number of esters is 1. The number of hydrogen-bond donors (Lipinski definition) is 1. The highest BCUT2D eigenvalue weighted by atomic mass is 19.1. The Hall–Kier alpha value is -2.17. The van der Waals surface area contributed by atoms with Crippen molar-refractivity contribution in [1.29, 1.82) is 0 Å². The summed E-state index contributed by atoms with van der Waals surface area (Å²) in [5.41, 5.74) is 0.294. The fraction of sp³-hybridized carbons (Fsp3) is 0.474. The third kappa shape index (κ3) is 5.18. The van der Waals surface area contributed by atoms with Gasteiger partial charge in [-0.15, -0.1) is 0 Å². The van der Waals surface area contributed by atoms with E-state index in [9.17, 15) is 14.0 Å². The molecule has 24 heavy (non-hydrogen) atoms. The lowest BCUT2D eigenvalue weighted by Crippen LogP contribution is -2.45. The second kappa shape index (κ2) is 8.62. The van der Waals surface area contributed by atoms with Gasteiger partial charge in [0.25, 0.3) is 5.91 Å². The highest BCUT2D eigenvalue weighted by Gasteiger charge is 2.25. The fourth-order valence-electron chi connectivity index (χ4n) is 2.87. The molecule has 0 unspecified atom stereocenters. The summed E-state index contributed by atoms with van der Waals surface area (Å²) in [6.45, 7) is 3.66. The van der Waals surface area contributed by atoms with E-state index < -0.39 is 17.9 Å². The first-order chi connectivity index (χ1) is 11.5. The summed E-state index contributed by atoms with van der Waals surface area (Å²) in [5, 5.41) is 2.96. The largest absolute Gasteiger partial charge is 0.449 e. The average Bonchev–Trinajstić information content (AvgIpc) is 2.56. The van der Waals surface area contributed by atoms with Crippen molar-refractivity contribution in [2.24, 2.45) is 5.92 Å². The van der Waals surface area contributed by atoms with Crippen LogP contribution in [-0.2, 0) is 14.3 Å². The lowest BCUT2D eigenvalue weighted by atomic mass is 9.86. The molecule has 1 aromatic carbocycles. The van der Waals surface area contributed by atoms with Crippen molar-refractivity contribution in [1.82, 2.24) is 5.32 Å². The molecule has 4 nitrogen and oxygen atoms in total. The van der Waals surface area contributed by atoms with Gasteiger partial charge in [-0.2, -0.15) is 0 Å². The Bertz CT molecular complexity index is 614. The van der Waals surface area contributed by atoms with E-state index in [1.54, 1.807) is 18.2 Å². The van der Waals surface area contributed by atoms with Gasteiger partial charge in [-0.3, -0.25) is 4.79 Å². The van der Waals surface area contributed by atoms with Gasteiger partial charge in [0.1, 0.15) is 5.82 Å². The Labute approximate surface area is 142 Å². The van der Waals surface area contributed by atoms with Crippen LogP contribution in [0.1, 0.15) is 45.1 Å². The summed E-state index contributed by atoms with van der Waals surface area (Å²) < 4.78 is 18.6. The van der Waals surface area contributed by atoms with Crippen molar-refractivity contribution in [2.75, 3.05) is 0 Å². The van der Waals surface area contributed by atoms with Gasteiger partial charge in [-0.05, 0) is 37.8 Å². The van der Waals surface area contributed by atoms with Crippen LogP contribution in [-0.4, -0.2) is 24.0 Å². The van der Waals surface area contributed by atoms with E-state index in [1.165, 1.54) is 25.5 Å². The molecule has 1 amide bonds. The fourth-order valence-corrected chi connectivity index (χ4v) is 2.87. The molecule has 0 saturated heterocycles.